The fourth-order valence-corrected chi connectivity index (χ4v) is 3.70. The Morgan fingerprint density at radius 3 is 1.51 bits per heavy atom. The fourth-order valence-electron chi connectivity index (χ4n) is 3.70. The molecule has 0 unspecified atom stereocenters. The highest BCUT2D eigenvalue weighted by Crippen LogP contribution is 2.15. The molecule has 5 aromatic carbocycles. The molecule has 51 heavy (non-hydrogen) atoms. The van der Waals surface area contributed by atoms with E-state index in [9.17, 15) is 14.9 Å². The Balaban J connectivity index is 0.000000322. The number of rotatable bonds is 3. The Bertz CT molecular complexity index is 2060. The van der Waals surface area contributed by atoms with Gasteiger partial charge in [0.25, 0.3) is 5.69 Å². The Labute approximate surface area is 301 Å². The van der Waals surface area contributed by atoms with E-state index in [-0.39, 0.29) is 11.7 Å². The maximum Gasteiger partial charge on any atom is 0.337 e. The minimum absolute atomic E-state index is 0.0185. The van der Waals surface area contributed by atoms with Crippen LogP contribution in [0.25, 0.3) is 0 Å². The summed E-state index contributed by atoms with van der Waals surface area (Å²) in [7, 11) is 2.98. The van der Waals surface area contributed by atoms with Crippen LogP contribution in [0.2, 0.25) is 0 Å². The van der Waals surface area contributed by atoms with Gasteiger partial charge in [0.05, 0.1) is 24.7 Å². The molecule has 0 bridgehead atoms. The molecule has 0 amide bonds. The number of ether oxygens (including phenoxy) is 2. The zero-order valence-corrected chi connectivity index (χ0v) is 28.9. The molecule has 0 fully saturated rings. The number of hydrogen-bond donors (Lipinski definition) is 0. The highest BCUT2D eigenvalue weighted by Gasteiger charge is 2.08. The third kappa shape index (κ3) is 15.8. The van der Waals surface area contributed by atoms with Crippen LogP contribution in [0.5, 0.6) is 5.75 Å². The third-order valence-electron chi connectivity index (χ3n) is 6.47. The SMILES string of the molecule is C#Cc1ccc(C(=O)OC)cc1C.C#Cc1ccc(C)cc1.C#Cc1ccc(OC)cc1.C#Cc1ccccc1.C#Cc1ccccc1[N+](=O)[O-]. The summed E-state index contributed by atoms with van der Waals surface area (Å²) in [6.07, 6.45) is 25.7. The van der Waals surface area contributed by atoms with Crippen LogP contribution in [0.3, 0.4) is 0 Å². The second-order valence-corrected chi connectivity index (χ2v) is 9.98. The number of terminal acetylenes is 5. The Hall–Kier alpha value is -7.43. The van der Waals surface area contributed by atoms with Crippen LogP contribution >= 0.6 is 0 Å². The maximum atomic E-state index is 11.1. The molecule has 0 saturated heterocycles. The molecule has 5 aromatic rings. The first-order valence-corrected chi connectivity index (χ1v) is 15.1. The summed E-state index contributed by atoms with van der Waals surface area (Å²) < 4.78 is 9.52. The van der Waals surface area contributed by atoms with E-state index in [0.29, 0.717) is 11.1 Å². The predicted molar refractivity (Wildman–Crippen MR) is 206 cm³/mol. The third-order valence-corrected chi connectivity index (χ3v) is 6.47. The van der Waals surface area contributed by atoms with Crippen LogP contribution < -0.4 is 4.74 Å². The average molecular weight is 672 g/mol. The highest BCUT2D eigenvalue weighted by molar-refractivity contribution is 5.89. The zero-order chi connectivity index (χ0) is 38.0. The van der Waals surface area contributed by atoms with E-state index in [0.717, 1.165) is 33.6 Å². The number of para-hydroxylation sites is 1. The van der Waals surface area contributed by atoms with Crippen molar-refractivity contribution in [2.45, 2.75) is 13.8 Å². The number of aryl methyl sites for hydroxylation is 2. The summed E-state index contributed by atoms with van der Waals surface area (Å²) in [5, 5.41) is 10.3. The molecule has 6 nitrogen and oxygen atoms in total. The largest absolute Gasteiger partial charge is 0.497 e. The minimum Gasteiger partial charge on any atom is -0.497 e. The van der Waals surface area contributed by atoms with Crippen molar-refractivity contribution in [3.05, 3.63) is 176 Å². The van der Waals surface area contributed by atoms with Gasteiger partial charge in [0, 0.05) is 28.3 Å². The molecule has 0 N–H and O–H groups in total. The van der Waals surface area contributed by atoms with Gasteiger partial charge in [-0.05, 0) is 92.2 Å². The second kappa shape index (κ2) is 23.8. The molecule has 0 atom stereocenters. The van der Waals surface area contributed by atoms with Crippen molar-refractivity contribution < 1.29 is 19.2 Å². The van der Waals surface area contributed by atoms with Crippen LogP contribution in [0.1, 0.15) is 49.3 Å². The number of benzene rings is 5. The van der Waals surface area contributed by atoms with Crippen LogP contribution in [0, 0.1) is 85.7 Å². The van der Waals surface area contributed by atoms with E-state index in [4.69, 9.17) is 36.9 Å². The maximum absolute atomic E-state index is 11.1. The zero-order valence-electron chi connectivity index (χ0n) is 28.9. The number of hydrogen-bond acceptors (Lipinski definition) is 5. The minimum atomic E-state index is -0.491. The first kappa shape index (κ1) is 41.6. The van der Waals surface area contributed by atoms with Crippen LogP contribution in [-0.4, -0.2) is 25.1 Å². The lowest BCUT2D eigenvalue weighted by Crippen LogP contribution is -2.01. The summed E-state index contributed by atoms with van der Waals surface area (Å²) in [6, 6.07) is 36.2. The molecule has 6 heteroatoms. The lowest BCUT2D eigenvalue weighted by Gasteiger charge is -2.01. The molecule has 0 aliphatic rings. The summed E-state index contributed by atoms with van der Waals surface area (Å²) >= 11 is 0. The molecule has 0 radical (unpaired) electrons. The summed E-state index contributed by atoms with van der Waals surface area (Å²) in [5.41, 5.74) is 6.53. The number of nitro benzene ring substituents is 1. The van der Waals surface area contributed by atoms with Crippen molar-refractivity contribution in [2.75, 3.05) is 14.2 Å². The van der Waals surface area contributed by atoms with Gasteiger partial charge in [0.15, 0.2) is 0 Å². The number of carbonyl (C=O) groups is 1. The van der Waals surface area contributed by atoms with Crippen LogP contribution in [0.15, 0.2) is 121 Å². The second-order valence-electron chi connectivity index (χ2n) is 9.98. The first-order valence-electron chi connectivity index (χ1n) is 15.1. The molecule has 0 aliphatic carbocycles. The van der Waals surface area contributed by atoms with E-state index >= 15 is 0 Å². The molecule has 252 valence electrons. The number of nitro groups is 1. The quantitative estimate of drug-likeness (QED) is 0.0831. The summed E-state index contributed by atoms with van der Waals surface area (Å²) in [5.74, 6) is 12.9. The topological polar surface area (TPSA) is 78.7 Å². The Morgan fingerprint density at radius 2 is 1.10 bits per heavy atom. The normalized spacial score (nSPS) is 8.53. The van der Waals surface area contributed by atoms with Gasteiger partial charge in [0.1, 0.15) is 11.3 Å². The van der Waals surface area contributed by atoms with Gasteiger partial charge in [-0.25, -0.2) is 4.79 Å². The molecule has 5 rings (SSSR count). The first-order chi connectivity index (χ1) is 24.6. The van der Waals surface area contributed by atoms with Gasteiger partial charge in [-0.2, -0.15) is 0 Å². The average Bonchev–Trinajstić information content (AvgIpc) is 3.19. The van der Waals surface area contributed by atoms with Crippen molar-refractivity contribution in [1.29, 1.82) is 0 Å². The number of nitrogens with zero attached hydrogens (tertiary/aromatic N) is 1. The van der Waals surface area contributed by atoms with Crippen LogP contribution in [0.4, 0.5) is 5.69 Å². The monoisotopic (exact) mass is 671 g/mol. The molecule has 0 saturated carbocycles. The van der Waals surface area contributed by atoms with E-state index in [1.54, 1.807) is 37.4 Å². The van der Waals surface area contributed by atoms with Crippen molar-refractivity contribution in [3.8, 4) is 67.5 Å². The lowest BCUT2D eigenvalue weighted by atomic mass is 10.1. The lowest BCUT2D eigenvalue weighted by molar-refractivity contribution is -0.385. The molecular weight excluding hydrogens is 634 g/mol. The Morgan fingerprint density at radius 1 is 0.608 bits per heavy atom. The summed E-state index contributed by atoms with van der Waals surface area (Å²) in [6.45, 7) is 3.90. The van der Waals surface area contributed by atoms with Gasteiger partial charge in [-0.3, -0.25) is 10.1 Å². The highest BCUT2D eigenvalue weighted by atomic mass is 16.6. The Kier molecular flexibility index (Phi) is 19.4. The van der Waals surface area contributed by atoms with E-state index in [1.165, 1.54) is 24.8 Å². The van der Waals surface area contributed by atoms with Gasteiger partial charge in [0.2, 0.25) is 0 Å². The van der Waals surface area contributed by atoms with Crippen molar-refractivity contribution in [1.82, 2.24) is 0 Å². The van der Waals surface area contributed by atoms with Gasteiger partial charge in [-0.15, -0.1) is 32.1 Å². The molecule has 0 spiro atoms. The van der Waals surface area contributed by atoms with Crippen molar-refractivity contribution in [3.63, 3.8) is 0 Å². The number of esters is 1. The predicted octanol–water partition coefficient (Wildman–Crippen LogP) is 8.66. The van der Waals surface area contributed by atoms with Gasteiger partial charge >= 0.3 is 5.97 Å². The fraction of sp³-hybridized carbons (Fsp3) is 0.0889. The van der Waals surface area contributed by atoms with Gasteiger partial charge < -0.3 is 9.47 Å². The molecule has 0 heterocycles. The number of methoxy groups -OCH3 is 2. The molecular formula is C45H37NO5. The van der Waals surface area contributed by atoms with E-state index in [1.807, 2.05) is 92.7 Å². The van der Waals surface area contributed by atoms with E-state index in [2.05, 4.69) is 34.3 Å². The smallest absolute Gasteiger partial charge is 0.337 e. The van der Waals surface area contributed by atoms with E-state index < -0.39 is 4.92 Å². The molecule has 0 aromatic heterocycles. The number of carbonyl (C=O) groups excluding carboxylic acids is 1. The molecule has 0 aliphatic heterocycles. The summed E-state index contributed by atoms with van der Waals surface area (Å²) in [4.78, 5) is 20.9. The standard InChI is InChI=1S/C11H10O2.C9H8O.C9H8.C8H5NO2.C8H6/c1-4-9-5-6-10(7-8(9)2)11(12)13-3;1-3-8-4-6-9(10-2)7-5-8;1-3-9-6-4-8(2)5-7-9;1-2-7-5-3-4-6-8(7)9(10)11;1-2-8-6-4-3-5-7-8/h1,5-7H,2-3H3;1,4-7H,2H3;1,4-7H,2H3;1,3-6H;1,3-7H. The van der Waals surface area contributed by atoms with Crippen molar-refractivity contribution in [2.24, 2.45) is 0 Å². The van der Waals surface area contributed by atoms with Crippen molar-refractivity contribution >= 4 is 11.7 Å². The van der Waals surface area contributed by atoms with Gasteiger partial charge in [-0.1, -0.05) is 77.6 Å². The van der Waals surface area contributed by atoms with Crippen LogP contribution in [-0.2, 0) is 4.74 Å².